The summed E-state index contributed by atoms with van der Waals surface area (Å²) >= 11 is 11.8. The smallest absolute Gasteiger partial charge is 0.242 e. The van der Waals surface area contributed by atoms with Gasteiger partial charge in [-0.25, -0.2) is 13.1 Å². The minimum absolute atomic E-state index is 0. The molecule has 0 spiro atoms. The first-order valence-corrected chi connectivity index (χ1v) is 8.36. The molecule has 4 nitrogen and oxygen atoms in total. The van der Waals surface area contributed by atoms with Crippen LogP contribution < -0.4 is 10.5 Å². The van der Waals surface area contributed by atoms with E-state index in [1.54, 1.807) is 12.1 Å². The van der Waals surface area contributed by atoms with Gasteiger partial charge in [0.15, 0.2) is 0 Å². The summed E-state index contributed by atoms with van der Waals surface area (Å²) in [6.45, 7) is 0.483. The second-order valence-electron chi connectivity index (χ2n) is 4.71. The normalized spacial score (nSPS) is 22.6. The monoisotopic (exact) mass is 358 g/mol. The van der Waals surface area contributed by atoms with Crippen molar-refractivity contribution in [3.8, 4) is 0 Å². The van der Waals surface area contributed by atoms with Crippen LogP contribution in [-0.4, -0.2) is 21.0 Å². The molecule has 1 fully saturated rings. The summed E-state index contributed by atoms with van der Waals surface area (Å²) in [5, 5.41) is 0.283. The van der Waals surface area contributed by atoms with Gasteiger partial charge in [-0.1, -0.05) is 35.7 Å². The number of hydrogen-bond acceptors (Lipinski definition) is 3. The van der Waals surface area contributed by atoms with E-state index in [4.69, 9.17) is 28.9 Å². The average molecular weight is 360 g/mol. The fourth-order valence-corrected chi connectivity index (χ4v) is 4.53. The van der Waals surface area contributed by atoms with Crippen LogP contribution >= 0.6 is 35.6 Å². The molecule has 1 aliphatic rings. The molecule has 1 aromatic rings. The Hall–Kier alpha value is -0.0400. The van der Waals surface area contributed by atoms with Crippen molar-refractivity contribution >= 4 is 45.6 Å². The molecule has 0 aromatic heterocycles. The van der Waals surface area contributed by atoms with Gasteiger partial charge in [-0.2, -0.15) is 0 Å². The van der Waals surface area contributed by atoms with Crippen LogP contribution in [0.1, 0.15) is 19.3 Å². The molecule has 114 valence electrons. The first-order chi connectivity index (χ1) is 8.95. The molecule has 0 bridgehead atoms. The van der Waals surface area contributed by atoms with E-state index >= 15 is 0 Å². The van der Waals surface area contributed by atoms with Crippen LogP contribution in [0.2, 0.25) is 10.0 Å². The van der Waals surface area contributed by atoms with Gasteiger partial charge in [-0.15, -0.1) is 12.4 Å². The average Bonchev–Trinajstić information content (AvgIpc) is 2.78. The molecule has 1 aromatic carbocycles. The molecular formula is C12H17Cl3N2O2S. The summed E-state index contributed by atoms with van der Waals surface area (Å²) in [6.07, 6.45) is 2.74. The van der Waals surface area contributed by atoms with Crippen molar-refractivity contribution in [1.29, 1.82) is 0 Å². The number of nitrogens with one attached hydrogen (secondary N) is 1. The number of nitrogens with two attached hydrogens (primary N) is 1. The van der Waals surface area contributed by atoms with Gasteiger partial charge < -0.3 is 5.73 Å². The summed E-state index contributed by atoms with van der Waals surface area (Å²) < 4.78 is 27.3. The highest BCUT2D eigenvalue weighted by Crippen LogP contribution is 2.31. The highest BCUT2D eigenvalue weighted by Gasteiger charge is 2.31. The first kappa shape index (κ1) is 18.0. The van der Waals surface area contributed by atoms with Crippen LogP contribution in [-0.2, 0) is 10.0 Å². The predicted octanol–water partition coefficient (Wildman–Crippen LogP) is 2.82. The molecule has 2 rings (SSSR count). The minimum Gasteiger partial charge on any atom is -0.330 e. The summed E-state index contributed by atoms with van der Waals surface area (Å²) in [7, 11) is -3.66. The zero-order chi connectivity index (χ0) is 14.0. The molecule has 2 atom stereocenters. The minimum atomic E-state index is -3.66. The zero-order valence-electron chi connectivity index (χ0n) is 10.7. The Morgan fingerprint density at radius 1 is 1.30 bits per heavy atom. The molecular weight excluding hydrogens is 343 g/mol. The Morgan fingerprint density at radius 2 is 2.00 bits per heavy atom. The molecule has 0 saturated heterocycles. The van der Waals surface area contributed by atoms with Gasteiger partial charge in [-0.05, 0) is 37.4 Å². The third-order valence-electron chi connectivity index (χ3n) is 3.47. The highest BCUT2D eigenvalue weighted by atomic mass is 35.5. The Kier molecular flexibility index (Phi) is 6.57. The lowest BCUT2D eigenvalue weighted by atomic mass is 10.1. The topological polar surface area (TPSA) is 72.2 Å². The van der Waals surface area contributed by atoms with Crippen LogP contribution in [0.5, 0.6) is 0 Å². The van der Waals surface area contributed by atoms with Crippen molar-refractivity contribution in [1.82, 2.24) is 4.72 Å². The fraction of sp³-hybridized carbons (Fsp3) is 0.500. The molecule has 1 aliphatic carbocycles. The van der Waals surface area contributed by atoms with Gasteiger partial charge in [0.1, 0.15) is 4.90 Å². The van der Waals surface area contributed by atoms with Crippen LogP contribution in [0.3, 0.4) is 0 Å². The summed E-state index contributed by atoms with van der Waals surface area (Å²) in [5.74, 6) is 0.188. The number of rotatable bonds is 4. The largest absolute Gasteiger partial charge is 0.330 e. The standard InChI is InChI=1S/C12H16Cl2N2O2S.ClH/c13-9-4-2-6-11(12(9)14)19(17,18)16-10-5-1-3-8(10)7-15;/h2,4,6,8,10,16H,1,3,5,7,15H2;1H. The fourth-order valence-electron chi connectivity index (χ4n) is 2.43. The van der Waals surface area contributed by atoms with E-state index in [1.165, 1.54) is 6.07 Å². The van der Waals surface area contributed by atoms with Crippen LogP contribution in [0, 0.1) is 5.92 Å². The van der Waals surface area contributed by atoms with Crippen molar-refractivity contribution in [3.05, 3.63) is 28.2 Å². The Labute approximate surface area is 135 Å². The number of hydrogen-bond donors (Lipinski definition) is 2. The Morgan fingerprint density at radius 3 is 2.65 bits per heavy atom. The number of halogens is 3. The molecule has 0 amide bonds. The molecule has 20 heavy (non-hydrogen) atoms. The van der Waals surface area contributed by atoms with E-state index in [2.05, 4.69) is 4.72 Å². The number of benzene rings is 1. The predicted molar refractivity (Wildman–Crippen MR) is 84.2 cm³/mol. The van der Waals surface area contributed by atoms with E-state index in [0.29, 0.717) is 6.54 Å². The number of sulfonamides is 1. The molecule has 0 aliphatic heterocycles. The molecule has 1 saturated carbocycles. The van der Waals surface area contributed by atoms with Crippen LogP contribution in [0.4, 0.5) is 0 Å². The van der Waals surface area contributed by atoms with Crippen molar-refractivity contribution in [2.75, 3.05) is 6.54 Å². The van der Waals surface area contributed by atoms with Gasteiger partial charge in [0.25, 0.3) is 0 Å². The lowest BCUT2D eigenvalue weighted by Gasteiger charge is -2.20. The second-order valence-corrected chi connectivity index (χ2v) is 7.17. The van der Waals surface area contributed by atoms with Gasteiger partial charge in [0.2, 0.25) is 10.0 Å². The highest BCUT2D eigenvalue weighted by molar-refractivity contribution is 7.89. The van der Waals surface area contributed by atoms with E-state index in [9.17, 15) is 8.42 Å². The maximum atomic E-state index is 12.3. The van der Waals surface area contributed by atoms with Gasteiger partial charge in [-0.3, -0.25) is 0 Å². The molecule has 3 N–H and O–H groups in total. The van der Waals surface area contributed by atoms with E-state index in [1.807, 2.05) is 0 Å². The van der Waals surface area contributed by atoms with Crippen molar-refractivity contribution in [2.45, 2.75) is 30.2 Å². The van der Waals surface area contributed by atoms with E-state index in [-0.39, 0.29) is 39.3 Å². The van der Waals surface area contributed by atoms with E-state index < -0.39 is 10.0 Å². The summed E-state index contributed by atoms with van der Waals surface area (Å²) in [6, 6.07) is 4.45. The summed E-state index contributed by atoms with van der Waals surface area (Å²) in [4.78, 5) is 0.0179. The van der Waals surface area contributed by atoms with Gasteiger partial charge in [0.05, 0.1) is 10.0 Å². The Bertz CT molecular complexity index is 566. The maximum Gasteiger partial charge on any atom is 0.242 e. The third kappa shape index (κ3) is 3.78. The quantitative estimate of drug-likeness (QED) is 0.868. The lowest BCUT2D eigenvalue weighted by molar-refractivity contribution is 0.453. The third-order valence-corrected chi connectivity index (χ3v) is 5.94. The van der Waals surface area contributed by atoms with Gasteiger partial charge >= 0.3 is 0 Å². The SMILES string of the molecule is Cl.NCC1CCCC1NS(=O)(=O)c1cccc(Cl)c1Cl. The molecule has 2 unspecified atom stereocenters. The molecule has 8 heteroatoms. The molecule has 0 radical (unpaired) electrons. The van der Waals surface area contributed by atoms with Crippen LogP contribution in [0.25, 0.3) is 0 Å². The van der Waals surface area contributed by atoms with Crippen LogP contribution in [0.15, 0.2) is 23.1 Å². The maximum absolute atomic E-state index is 12.3. The van der Waals surface area contributed by atoms with Gasteiger partial charge in [0, 0.05) is 6.04 Å². The second kappa shape index (κ2) is 7.29. The van der Waals surface area contributed by atoms with Crippen molar-refractivity contribution in [3.63, 3.8) is 0 Å². The zero-order valence-corrected chi connectivity index (χ0v) is 13.8. The lowest BCUT2D eigenvalue weighted by Crippen LogP contribution is -2.39. The Balaban J connectivity index is 0.00000200. The molecule has 0 heterocycles. The van der Waals surface area contributed by atoms with Crippen molar-refractivity contribution < 1.29 is 8.42 Å². The van der Waals surface area contributed by atoms with E-state index in [0.717, 1.165) is 19.3 Å². The summed E-state index contributed by atoms with van der Waals surface area (Å²) in [5.41, 5.74) is 5.65. The van der Waals surface area contributed by atoms with Crippen molar-refractivity contribution in [2.24, 2.45) is 11.7 Å². The first-order valence-electron chi connectivity index (χ1n) is 6.12.